The van der Waals surface area contributed by atoms with E-state index in [1.54, 1.807) is 19.1 Å². The molecule has 26 heavy (non-hydrogen) atoms. The summed E-state index contributed by atoms with van der Waals surface area (Å²) in [6.07, 6.45) is -0.790. The Balaban J connectivity index is 2.04. The highest BCUT2D eigenvalue weighted by molar-refractivity contribution is 6.32. The summed E-state index contributed by atoms with van der Waals surface area (Å²) in [5, 5.41) is 4.14. The molecule has 2 aromatic carbocycles. The van der Waals surface area contributed by atoms with E-state index >= 15 is 0 Å². The van der Waals surface area contributed by atoms with E-state index in [1.807, 2.05) is 5.48 Å². The van der Waals surface area contributed by atoms with Gasteiger partial charge >= 0.3 is 6.09 Å². The van der Waals surface area contributed by atoms with E-state index in [0.717, 1.165) is 12.1 Å². The first-order valence-electron chi connectivity index (χ1n) is 7.32. The number of nitrogens with zero attached hydrogens (tertiary/aromatic N) is 1. The molecule has 0 heterocycles. The lowest BCUT2D eigenvalue weighted by Gasteiger charge is -2.09. The van der Waals surface area contributed by atoms with Crippen LogP contribution in [0.3, 0.4) is 0 Å². The van der Waals surface area contributed by atoms with Crippen LogP contribution in [0.5, 0.6) is 5.75 Å². The minimum absolute atomic E-state index is 0.162. The van der Waals surface area contributed by atoms with Crippen molar-refractivity contribution in [2.45, 2.75) is 13.5 Å². The third-order valence-electron chi connectivity index (χ3n) is 3.22. The molecule has 2 aromatic rings. The Labute approximate surface area is 153 Å². The van der Waals surface area contributed by atoms with Crippen LogP contribution in [0.25, 0.3) is 0 Å². The summed E-state index contributed by atoms with van der Waals surface area (Å²) >= 11 is 5.98. The van der Waals surface area contributed by atoms with Crippen LogP contribution in [-0.2, 0) is 16.2 Å². The summed E-state index contributed by atoms with van der Waals surface area (Å²) < 4.78 is 30.8. The predicted molar refractivity (Wildman–Crippen MR) is 91.0 cm³/mol. The molecule has 0 aliphatic heterocycles. The number of ether oxygens (including phenoxy) is 1. The Morgan fingerprint density at radius 3 is 2.69 bits per heavy atom. The molecule has 6 nitrogen and oxygen atoms in total. The lowest BCUT2D eigenvalue weighted by atomic mass is 10.1. The fourth-order valence-electron chi connectivity index (χ4n) is 1.84. The van der Waals surface area contributed by atoms with Crippen molar-refractivity contribution in [3.05, 3.63) is 64.2 Å². The maximum Gasteiger partial charge on any atom is 0.440 e. The first-order chi connectivity index (χ1) is 12.4. The molecule has 0 saturated carbocycles. The van der Waals surface area contributed by atoms with E-state index in [4.69, 9.17) is 21.3 Å². The molecular formula is C17H15ClF2N2O4. The normalized spacial score (nSPS) is 11.0. The van der Waals surface area contributed by atoms with E-state index in [9.17, 15) is 13.6 Å². The van der Waals surface area contributed by atoms with Crippen molar-refractivity contribution in [2.75, 3.05) is 7.11 Å². The molecular weight excluding hydrogens is 370 g/mol. The average molecular weight is 385 g/mol. The second-order valence-electron chi connectivity index (χ2n) is 5.03. The molecule has 9 heteroatoms. The monoisotopic (exact) mass is 384 g/mol. The predicted octanol–water partition coefficient (Wildman–Crippen LogP) is 4.21. The summed E-state index contributed by atoms with van der Waals surface area (Å²) in [6.45, 7) is 1.49. The van der Waals surface area contributed by atoms with Crippen molar-refractivity contribution >= 4 is 23.4 Å². The SMILES string of the molecule is COC(=O)NOc1cc(C(C)=NOCc2ccc(F)cc2F)ccc1Cl. The van der Waals surface area contributed by atoms with E-state index < -0.39 is 17.7 Å². The summed E-state index contributed by atoms with van der Waals surface area (Å²) in [5.74, 6) is -1.21. The van der Waals surface area contributed by atoms with E-state index in [-0.39, 0.29) is 22.9 Å². The molecule has 0 unspecified atom stereocenters. The van der Waals surface area contributed by atoms with Crippen LogP contribution in [0.1, 0.15) is 18.1 Å². The third kappa shape index (κ3) is 5.32. The number of oxime groups is 1. The second kappa shape index (κ2) is 9.00. The highest BCUT2D eigenvalue weighted by Crippen LogP contribution is 2.25. The summed E-state index contributed by atoms with van der Waals surface area (Å²) in [7, 11) is 1.19. The molecule has 0 radical (unpaired) electrons. The van der Waals surface area contributed by atoms with Gasteiger partial charge in [0, 0.05) is 17.2 Å². The molecule has 0 spiro atoms. The van der Waals surface area contributed by atoms with Gasteiger partial charge in [0.25, 0.3) is 0 Å². The van der Waals surface area contributed by atoms with Gasteiger partial charge in [0.15, 0.2) is 5.75 Å². The number of hydroxylamine groups is 1. The number of rotatable bonds is 6. The van der Waals surface area contributed by atoms with Gasteiger partial charge in [-0.25, -0.2) is 13.6 Å². The minimum Gasteiger partial charge on any atom is -0.451 e. The van der Waals surface area contributed by atoms with Gasteiger partial charge in [-0.2, -0.15) is 5.48 Å². The minimum atomic E-state index is -0.790. The van der Waals surface area contributed by atoms with E-state index in [0.29, 0.717) is 11.3 Å². The smallest absolute Gasteiger partial charge is 0.440 e. The Hall–Kier alpha value is -2.87. The van der Waals surface area contributed by atoms with Gasteiger partial charge in [-0.3, -0.25) is 0 Å². The fourth-order valence-corrected chi connectivity index (χ4v) is 1.99. The van der Waals surface area contributed by atoms with Gasteiger partial charge < -0.3 is 14.4 Å². The molecule has 0 bridgehead atoms. The van der Waals surface area contributed by atoms with Crippen molar-refractivity contribution in [1.82, 2.24) is 5.48 Å². The standard InChI is InChI=1S/C17H15ClF2N2O4/c1-10(21-25-9-12-3-5-13(19)8-15(12)20)11-4-6-14(18)16(7-11)26-22-17(23)24-2/h3-8H,9H2,1-2H3,(H,22,23). The first-order valence-corrected chi connectivity index (χ1v) is 7.69. The van der Waals surface area contributed by atoms with Crippen LogP contribution in [0, 0.1) is 11.6 Å². The van der Waals surface area contributed by atoms with E-state index in [1.165, 1.54) is 19.2 Å². The van der Waals surface area contributed by atoms with Gasteiger partial charge in [0.1, 0.15) is 18.2 Å². The zero-order valence-corrected chi connectivity index (χ0v) is 14.6. The molecule has 0 aromatic heterocycles. The molecule has 1 N–H and O–H groups in total. The van der Waals surface area contributed by atoms with Crippen LogP contribution in [0.2, 0.25) is 5.02 Å². The van der Waals surface area contributed by atoms with Crippen LogP contribution in [-0.4, -0.2) is 18.9 Å². The van der Waals surface area contributed by atoms with Gasteiger partial charge in [-0.1, -0.05) is 22.8 Å². The van der Waals surface area contributed by atoms with Gasteiger partial charge in [-0.05, 0) is 31.2 Å². The lowest BCUT2D eigenvalue weighted by Crippen LogP contribution is -2.26. The Morgan fingerprint density at radius 1 is 1.23 bits per heavy atom. The van der Waals surface area contributed by atoms with Crippen molar-refractivity contribution in [2.24, 2.45) is 5.16 Å². The molecule has 0 fully saturated rings. The summed E-state index contributed by atoms with van der Waals surface area (Å²) in [4.78, 5) is 21.2. The van der Waals surface area contributed by atoms with Crippen molar-refractivity contribution in [3.63, 3.8) is 0 Å². The molecule has 1 amide bonds. The summed E-state index contributed by atoms with van der Waals surface area (Å²) in [6, 6.07) is 7.92. The quantitative estimate of drug-likeness (QED) is 0.598. The number of halogens is 3. The van der Waals surface area contributed by atoms with Gasteiger partial charge in [0.2, 0.25) is 0 Å². The molecule has 0 atom stereocenters. The molecule has 2 rings (SSSR count). The maximum absolute atomic E-state index is 13.5. The Bertz CT molecular complexity index is 830. The largest absolute Gasteiger partial charge is 0.451 e. The van der Waals surface area contributed by atoms with Crippen LogP contribution < -0.4 is 10.3 Å². The van der Waals surface area contributed by atoms with Crippen LogP contribution >= 0.6 is 11.6 Å². The first kappa shape index (κ1) is 19.5. The number of amides is 1. The maximum atomic E-state index is 13.5. The third-order valence-corrected chi connectivity index (χ3v) is 3.53. The summed E-state index contributed by atoms with van der Waals surface area (Å²) in [5.41, 5.74) is 3.26. The Kier molecular flexibility index (Phi) is 6.74. The number of nitrogens with one attached hydrogen (secondary N) is 1. The number of carbonyl (C=O) groups excluding carboxylic acids is 1. The van der Waals surface area contributed by atoms with Crippen molar-refractivity contribution in [3.8, 4) is 5.75 Å². The number of carbonyl (C=O) groups is 1. The highest BCUT2D eigenvalue weighted by atomic mass is 35.5. The van der Waals surface area contributed by atoms with Crippen molar-refractivity contribution in [1.29, 1.82) is 0 Å². The van der Waals surface area contributed by atoms with E-state index in [2.05, 4.69) is 9.89 Å². The number of benzene rings is 2. The number of methoxy groups -OCH3 is 1. The van der Waals surface area contributed by atoms with Crippen LogP contribution in [0.4, 0.5) is 13.6 Å². The molecule has 0 aliphatic carbocycles. The molecule has 0 aliphatic rings. The number of hydrogen-bond donors (Lipinski definition) is 1. The van der Waals surface area contributed by atoms with Crippen molar-refractivity contribution < 1.29 is 28.0 Å². The lowest BCUT2D eigenvalue weighted by molar-refractivity contribution is 0.118. The van der Waals surface area contributed by atoms with Crippen LogP contribution in [0.15, 0.2) is 41.6 Å². The molecule has 138 valence electrons. The highest BCUT2D eigenvalue weighted by Gasteiger charge is 2.09. The topological polar surface area (TPSA) is 69.2 Å². The fraction of sp³-hybridized carbons (Fsp3) is 0.176. The number of hydrogen-bond acceptors (Lipinski definition) is 5. The Morgan fingerprint density at radius 2 is 2.00 bits per heavy atom. The zero-order chi connectivity index (χ0) is 19.1. The zero-order valence-electron chi connectivity index (χ0n) is 13.9. The second-order valence-corrected chi connectivity index (χ2v) is 5.43. The van der Waals surface area contributed by atoms with Gasteiger partial charge in [-0.15, -0.1) is 0 Å². The van der Waals surface area contributed by atoms with Gasteiger partial charge in [0.05, 0.1) is 17.8 Å². The average Bonchev–Trinajstić information content (AvgIpc) is 2.62. The molecule has 0 saturated heterocycles.